The molecule has 2 aliphatic rings. The maximum absolute atomic E-state index is 12.8. The van der Waals surface area contributed by atoms with E-state index >= 15 is 0 Å². The fraction of sp³-hybridized carbons (Fsp3) is 0.667. The van der Waals surface area contributed by atoms with Crippen LogP contribution in [0.1, 0.15) is 66.6 Å². The molecule has 0 spiro atoms. The van der Waals surface area contributed by atoms with E-state index in [0.717, 1.165) is 44.3 Å². The standard InChI is InChI=1S/C18H27N2O/c1-19-14-17(18(21)20-11-7-8-12-20)15-9-5-3-2-4-6-10-16(19)13-15/h13-14H,2-12H2,1H3/q+1. The van der Waals surface area contributed by atoms with Crippen LogP contribution in [0.5, 0.6) is 0 Å². The molecule has 21 heavy (non-hydrogen) atoms. The number of hydrogen-bond donors (Lipinski definition) is 0. The van der Waals surface area contributed by atoms with E-state index in [1.54, 1.807) is 0 Å². The normalized spacial score (nSPS) is 19.6. The quantitative estimate of drug-likeness (QED) is 0.729. The summed E-state index contributed by atoms with van der Waals surface area (Å²) in [5.41, 5.74) is 3.61. The first kappa shape index (κ1) is 14.6. The van der Waals surface area contributed by atoms with E-state index in [9.17, 15) is 4.79 Å². The average molecular weight is 287 g/mol. The number of hydrogen-bond acceptors (Lipinski definition) is 1. The number of likely N-dealkylation sites (tertiary alicyclic amines) is 1. The first-order valence-electron chi connectivity index (χ1n) is 8.56. The molecule has 1 saturated heterocycles. The Bertz CT molecular complexity index is 518. The van der Waals surface area contributed by atoms with Crippen LogP contribution in [0.4, 0.5) is 0 Å². The second kappa shape index (κ2) is 6.59. The Morgan fingerprint density at radius 3 is 2.43 bits per heavy atom. The number of fused-ring (bicyclic) bond motifs is 2. The number of amides is 1. The zero-order chi connectivity index (χ0) is 14.7. The van der Waals surface area contributed by atoms with Gasteiger partial charge in [0.25, 0.3) is 5.91 Å². The Morgan fingerprint density at radius 2 is 1.67 bits per heavy atom. The third kappa shape index (κ3) is 3.28. The van der Waals surface area contributed by atoms with Crippen molar-refractivity contribution in [3.8, 4) is 0 Å². The minimum atomic E-state index is 0.252. The Labute approximate surface area is 128 Å². The lowest BCUT2D eigenvalue weighted by Crippen LogP contribution is -2.38. The second-order valence-corrected chi connectivity index (χ2v) is 6.58. The molecule has 0 unspecified atom stereocenters. The van der Waals surface area contributed by atoms with Crippen molar-refractivity contribution in [1.29, 1.82) is 0 Å². The summed E-state index contributed by atoms with van der Waals surface area (Å²) in [5.74, 6) is 0.252. The molecular formula is C18H27N2O+. The van der Waals surface area contributed by atoms with E-state index in [1.165, 1.54) is 43.4 Å². The summed E-state index contributed by atoms with van der Waals surface area (Å²) in [6.07, 6.45) is 13.1. The Balaban J connectivity index is 1.92. The summed E-state index contributed by atoms with van der Waals surface area (Å²) in [4.78, 5) is 14.8. The molecule has 114 valence electrons. The van der Waals surface area contributed by atoms with Crippen molar-refractivity contribution < 1.29 is 9.36 Å². The first-order valence-corrected chi connectivity index (χ1v) is 8.56. The molecule has 0 saturated carbocycles. The molecule has 1 fully saturated rings. The van der Waals surface area contributed by atoms with Crippen LogP contribution in [0, 0.1) is 0 Å². The molecule has 1 aliphatic heterocycles. The van der Waals surface area contributed by atoms with E-state index in [-0.39, 0.29) is 5.91 Å². The molecule has 1 aliphatic carbocycles. The van der Waals surface area contributed by atoms with E-state index in [2.05, 4.69) is 23.9 Å². The van der Waals surface area contributed by atoms with Gasteiger partial charge in [-0.05, 0) is 37.7 Å². The van der Waals surface area contributed by atoms with Gasteiger partial charge < -0.3 is 4.90 Å². The largest absolute Gasteiger partial charge is 0.338 e. The van der Waals surface area contributed by atoms with Gasteiger partial charge in [-0.2, -0.15) is 0 Å². The fourth-order valence-electron chi connectivity index (χ4n) is 3.63. The third-order valence-electron chi connectivity index (χ3n) is 4.97. The number of nitrogens with zero attached hydrogens (tertiary/aromatic N) is 2. The Kier molecular flexibility index (Phi) is 4.57. The second-order valence-electron chi connectivity index (χ2n) is 6.58. The van der Waals surface area contributed by atoms with Crippen molar-refractivity contribution in [3.05, 3.63) is 29.1 Å². The zero-order valence-electron chi connectivity index (χ0n) is 13.2. The molecule has 1 aromatic rings. The van der Waals surface area contributed by atoms with Gasteiger partial charge in [0.1, 0.15) is 12.6 Å². The van der Waals surface area contributed by atoms with E-state index in [4.69, 9.17) is 0 Å². The van der Waals surface area contributed by atoms with Gasteiger partial charge in [0, 0.05) is 25.6 Å². The van der Waals surface area contributed by atoms with Gasteiger partial charge in [0.2, 0.25) is 0 Å². The molecule has 1 amide bonds. The molecule has 0 N–H and O–H groups in total. The van der Waals surface area contributed by atoms with Crippen molar-refractivity contribution in [2.75, 3.05) is 13.1 Å². The molecule has 3 nitrogen and oxygen atoms in total. The minimum absolute atomic E-state index is 0.252. The van der Waals surface area contributed by atoms with Crippen molar-refractivity contribution >= 4 is 5.91 Å². The first-order chi connectivity index (χ1) is 10.3. The molecule has 0 radical (unpaired) electrons. The van der Waals surface area contributed by atoms with E-state index in [1.807, 2.05) is 4.90 Å². The highest BCUT2D eigenvalue weighted by atomic mass is 16.2. The van der Waals surface area contributed by atoms with Gasteiger partial charge in [0.05, 0.1) is 0 Å². The maximum atomic E-state index is 12.8. The van der Waals surface area contributed by atoms with Crippen LogP contribution in [0.3, 0.4) is 0 Å². The van der Waals surface area contributed by atoms with Gasteiger partial charge in [-0.15, -0.1) is 0 Å². The summed E-state index contributed by atoms with van der Waals surface area (Å²) >= 11 is 0. The molecule has 2 heterocycles. The van der Waals surface area contributed by atoms with Gasteiger partial charge in [-0.1, -0.05) is 19.3 Å². The van der Waals surface area contributed by atoms with Crippen LogP contribution in [-0.2, 0) is 19.9 Å². The molecule has 3 rings (SSSR count). The summed E-state index contributed by atoms with van der Waals surface area (Å²) in [6, 6.07) is 2.30. The topological polar surface area (TPSA) is 24.2 Å². The zero-order valence-corrected chi connectivity index (χ0v) is 13.2. The SMILES string of the molecule is C[n+]1cc(C(=O)N2CCCC2)c2cc1CCCCCCC2. The maximum Gasteiger partial charge on any atom is 0.260 e. The summed E-state index contributed by atoms with van der Waals surface area (Å²) in [5, 5.41) is 0. The van der Waals surface area contributed by atoms with E-state index in [0.29, 0.717) is 0 Å². The molecule has 2 bridgehead atoms. The number of aromatic nitrogens is 1. The smallest absolute Gasteiger partial charge is 0.260 e. The lowest BCUT2D eigenvalue weighted by molar-refractivity contribution is -0.679. The predicted molar refractivity (Wildman–Crippen MR) is 83.2 cm³/mol. The van der Waals surface area contributed by atoms with Crippen LogP contribution in [0.25, 0.3) is 0 Å². The van der Waals surface area contributed by atoms with Gasteiger partial charge in [-0.3, -0.25) is 4.79 Å². The van der Waals surface area contributed by atoms with Crippen LogP contribution < -0.4 is 4.57 Å². The van der Waals surface area contributed by atoms with Crippen LogP contribution in [0.2, 0.25) is 0 Å². The highest BCUT2D eigenvalue weighted by Gasteiger charge is 2.25. The van der Waals surface area contributed by atoms with E-state index < -0.39 is 0 Å². The fourth-order valence-corrected chi connectivity index (χ4v) is 3.63. The Hall–Kier alpha value is -1.38. The van der Waals surface area contributed by atoms with Gasteiger partial charge in [0.15, 0.2) is 11.9 Å². The van der Waals surface area contributed by atoms with Crippen molar-refractivity contribution in [3.63, 3.8) is 0 Å². The van der Waals surface area contributed by atoms with Gasteiger partial charge in [-0.25, -0.2) is 4.57 Å². The van der Waals surface area contributed by atoms with Crippen molar-refractivity contribution in [2.24, 2.45) is 7.05 Å². The van der Waals surface area contributed by atoms with Crippen LogP contribution in [-0.4, -0.2) is 23.9 Å². The monoisotopic (exact) mass is 287 g/mol. The van der Waals surface area contributed by atoms with Crippen LogP contribution >= 0.6 is 0 Å². The predicted octanol–water partition coefficient (Wildman–Crippen LogP) is 2.80. The Morgan fingerprint density at radius 1 is 1.00 bits per heavy atom. The highest BCUT2D eigenvalue weighted by Crippen LogP contribution is 2.20. The molecule has 0 aromatic carbocycles. The number of carbonyl (C=O) groups is 1. The lowest BCUT2D eigenvalue weighted by Gasteiger charge is -2.18. The minimum Gasteiger partial charge on any atom is -0.338 e. The molecule has 3 heteroatoms. The molecular weight excluding hydrogens is 260 g/mol. The number of rotatable bonds is 1. The molecule has 1 aromatic heterocycles. The number of aryl methyl sites for hydroxylation is 3. The van der Waals surface area contributed by atoms with Crippen molar-refractivity contribution in [2.45, 2.75) is 57.8 Å². The van der Waals surface area contributed by atoms with Crippen molar-refractivity contribution in [1.82, 2.24) is 4.90 Å². The number of pyridine rings is 1. The lowest BCUT2D eigenvalue weighted by atomic mass is 9.97. The average Bonchev–Trinajstić information content (AvgIpc) is 3.02. The third-order valence-corrected chi connectivity index (χ3v) is 4.97. The number of carbonyl (C=O) groups excluding carboxylic acids is 1. The summed E-state index contributed by atoms with van der Waals surface area (Å²) in [6.45, 7) is 1.87. The van der Waals surface area contributed by atoms with Crippen LogP contribution in [0.15, 0.2) is 12.3 Å². The summed E-state index contributed by atoms with van der Waals surface area (Å²) < 4.78 is 2.18. The molecule has 0 atom stereocenters. The summed E-state index contributed by atoms with van der Waals surface area (Å²) in [7, 11) is 2.09. The highest BCUT2D eigenvalue weighted by molar-refractivity contribution is 5.95. The van der Waals surface area contributed by atoms with Gasteiger partial charge >= 0.3 is 0 Å².